The Hall–Kier alpha value is -6.82. The number of imidazole rings is 1. The number of aliphatic hydroxyl groups excluding tert-OH is 2. The minimum atomic E-state index is -1.38. The highest BCUT2D eigenvalue weighted by atomic mass is 16.6. The predicted molar refractivity (Wildman–Crippen MR) is 214 cm³/mol. The number of nitrogens with zero attached hydrogens (tertiary/aromatic N) is 10. The molecule has 2 aliphatic rings. The number of amides is 2. The van der Waals surface area contributed by atoms with Gasteiger partial charge in [-0.3, -0.25) is 9.55 Å². The molecule has 7 aromatic rings. The van der Waals surface area contributed by atoms with E-state index in [2.05, 4.69) is 60.6 Å². The molecular weight excluding hydrogens is 739 g/mol. The first kappa shape index (κ1) is 36.8. The summed E-state index contributed by atoms with van der Waals surface area (Å²) in [7, 11) is 0. The number of pyridine rings is 1. The fourth-order valence-corrected chi connectivity index (χ4v) is 7.49. The first-order valence-electron chi connectivity index (χ1n) is 19.1. The van der Waals surface area contributed by atoms with Crippen molar-refractivity contribution in [1.82, 2.24) is 50.0 Å². The molecule has 5 N–H and O–H groups in total. The van der Waals surface area contributed by atoms with E-state index in [1.54, 1.807) is 29.1 Å². The second kappa shape index (κ2) is 16.3. The number of carbonyl (C=O) groups is 1. The third-order valence-corrected chi connectivity index (χ3v) is 10.4. The summed E-state index contributed by atoms with van der Waals surface area (Å²) in [6, 6.07) is 33.2. The number of aromatic nitrogens is 9. The van der Waals surface area contributed by atoms with Crippen LogP contribution in [0.2, 0.25) is 0 Å². The third kappa shape index (κ3) is 7.77. The van der Waals surface area contributed by atoms with Crippen LogP contribution in [0.1, 0.15) is 47.2 Å². The summed E-state index contributed by atoms with van der Waals surface area (Å²) in [4.78, 5) is 35.0. The van der Waals surface area contributed by atoms with Crippen LogP contribution < -0.4 is 20.9 Å². The van der Waals surface area contributed by atoms with Crippen LogP contribution in [0, 0.1) is 0 Å². The largest absolute Gasteiger partial charge is 0.387 e. The Bertz CT molecular complexity index is 2410. The number of nitrogens with one attached hydrogen (secondary N) is 3. The normalized spacial score (nSPS) is 20.5. The van der Waals surface area contributed by atoms with E-state index in [4.69, 9.17) is 19.7 Å². The molecule has 58 heavy (non-hydrogen) atoms. The molecule has 0 saturated carbocycles. The zero-order chi connectivity index (χ0) is 39.4. The molecule has 0 spiro atoms. The zero-order valence-corrected chi connectivity index (χ0v) is 31.2. The number of urea groups is 1. The van der Waals surface area contributed by atoms with Crippen molar-refractivity contribution in [3.05, 3.63) is 144 Å². The van der Waals surface area contributed by atoms with Gasteiger partial charge in [0.15, 0.2) is 29.3 Å². The maximum absolute atomic E-state index is 12.9. The van der Waals surface area contributed by atoms with Crippen LogP contribution in [0.3, 0.4) is 0 Å². The Kier molecular flexibility index (Phi) is 10.4. The predicted octanol–water partition coefficient (Wildman–Crippen LogP) is 3.89. The molecular formula is C41H41N13O4. The van der Waals surface area contributed by atoms with Gasteiger partial charge in [0.25, 0.3) is 0 Å². The van der Waals surface area contributed by atoms with E-state index in [1.165, 1.54) is 11.1 Å². The number of rotatable bonds is 12. The van der Waals surface area contributed by atoms with Crippen LogP contribution in [0.4, 0.5) is 22.2 Å². The monoisotopic (exact) mass is 779 g/mol. The van der Waals surface area contributed by atoms with Crippen molar-refractivity contribution < 1.29 is 19.7 Å². The van der Waals surface area contributed by atoms with Crippen molar-refractivity contribution in [1.29, 1.82) is 0 Å². The summed E-state index contributed by atoms with van der Waals surface area (Å²) >= 11 is 0. The van der Waals surface area contributed by atoms with Crippen LogP contribution >= 0.6 is 0 Å². The van der Waals surface area contributed by atoms with E-state index in [-0.39, 0.29) is 23.8 Å². The topological polar surface area (TPSA) is 206 Å². The molecule has 3 aromatic carbocycles. The van der Waals surface area contributed by atoms with E-state index < -0.39 is 24.5 Å². The molecule has 2 aliphatic heterocycles. The van der Waals surface area contributed by atoms with Crippen molar-refractivity contribution in [2.24, 2.45) is 0 Å². The van der Waals surface area contributed by atoms with Gasteiger partial charge < -0.3 is 35.8 Å². The molecule has 5 atom stereocenters. The van der Waals surface area contributed by atoms with Gasteiger partial charge in [-0.1, -0.05) is 91.0 Å². The lowest BCUT2D eigenvalue weighted by Crippen LogP contribution is -2.40. The summed E-state index contributed by atoms with van der Waals surface area (Å²) in [5, 5.41) is 44.9. The Morgan fingerprint density at radius 2 is 1.64 bits per heavy atom. The van der Waals surface area contributed by atoms with Crippen LogP contribution in [0.15, 0.2) is 122 Å². The zero-order valence-electron chi connectivity index (χ0n) is 31.2. The Labute approximate surface area is 332 Å². The standard InChI is InChI=1S/C41H41N13O4/c55-33-34(56)39(58-35(33)37-49-51-54(50-37)23-26-11-4-1-5-12-26)53-25-44-32-36(43-22-31(27-13-6-2-7-14-27)28-15-8-3-9-16-28)47-40(48-38(32)53)52-20-18-30(24-52)46-41(57)45-29-17-10-19-42-21-29/h1-17,19,21,25,30-31,33-35,39,55-56H,18,20,22-24H2,(H,43,47,48)(H2,45,46,57)/t30?,33-,34+,35-,39+/m0/s1. The van der Waals surface area contributed by atoms with Crippen molar-refractivity contribution >= 4 is 34.6 Å². The number of tetrazole rings is 1. The van der Waals surface area contributed by atoms with E-state index in [0.29, 0.717) is 61.2 Å². The van der Waals surface area contributed by atoms with Gasteiger partial charge in [0, 0.05) is 37.8 Å². The number of fused-ring (bicyclic) bond motifs is 1. The van der Waals surface area contributed by atoms with Gasteiger partial charge in [0.1, 0.15) is 12.2 Å². The molecule has 0 bridgehead atoms. The van der Waals surface area contributed by atoms with Gasteiger partial charge in [-0.05, 0) is 40.5 Å². The van der Waals surface area contributed by atoms with Gasteiger partial charge in [0.05, 0.1) is 24.8 Å². The third-order valence-electron chi connectivity index (χ3n) is 10.4. The lowest BCUT2D eigenvalue weighted by Gasteiger charge is -2.22. The van der Waals surface area contributed by atoms with Crippen LogP contribution in [-0.2, 0) is 11.3 Å². The first-order valence-corrected chi connectivity index (χ1v) is 19.1. The molecule has 17 heteroatoms. The van der Waals surface area contributed by atoms with Crippen molar-refractivity contribution in [3.63, 3.8) is 0 Å². The van der Waals surface area contributed by atoms with E-state index >= 15 is 0 Å². The number of anilines is 3. The highest BCUT2D eigenvalue weighted by Crippen LogP contribution is 2.39. The molecule has 0 aliphatic carbocycles. The number of carbonyl (C=O) groups excluding carboxylic acids is 1. The van der Waals surface area contributed by atoms with Gasteiger partial charge in [-0.25, -0.2) is 9.78 Å². The minimum absolute atomic E-state index is 0.0182. The van der Waals surface area contributed by atoms with E-state index in [0.717, 1.165) is 16.7 Å². The summed E-state index contributed by atoms with van der Waals surface area (Å²) < 4.78 is 7.91. The van der Waals surface area contributed by atoms with Crippen molar-refractivity contribution in [2.75, 3.05) is 35.2 Å². The Balaban J connectivity index is 1.01. The number of ether oxygens (including phenoxy) is 1. The van der Waals surface area contributed by atoms with Crippen molar-refractivity contribution in [2.45, 2.75) is 49.5 Å². The fourth-order valence-electron chi connectivity index (χ4n) is 7.49. The average Bonchev–Trinajstić information content (AvgIpc) is 4.07. The highest BCUT2D eigenvalue weighted by Gasteiger charge is 2.47. The van der Waals surface area contributed by atoms with Crippen molar-refractivity contribution in [3.8, 4) is 0 Å². The molecule has 2 saturated heterocycles. The highest BCUT2D eigenvalue weighted by molar-refractivity contribution is 5.89. The molecule has 6 heterocycles. The first-order chi connectivity index (χ1) is 28.5. The number of hydrogen-bond acceptors (Lipinski definition) is 13. The quantitative estimate of drug-likeness (QED) is 0.120. The van der Waals surface area contributed by atoms with Gasteiger partial charge >= 0.3 is 6.03 Å². The number of benzene rings is 3. The molecule has 1 unspecified atom stereocenters. The second-order valence-electron chi connectivity index (χ2n) is 14.3. The second-order valence-corrected chi connectivity index (χ2v) is 14.3. The van der Waals surface area contributed by atoms with Gasteiger partial charge in [-0.15, -0.1) is 10.2 Å². The maximum atomic E-state index is 12.9. The lowest BCUT2D eigenvalue weighted by molar-refractivity contribution is -0.0384. The van der Waals surface area contributed by atoms with Gasteiger partial charge in [0.2, 0.25) is 11.8 Å². The molecule has 2 amide bonds. The molecule has 2 fully saturated rings. The molecule has 4 aromatic heterocycles. The smallest absolute Gasteiger partial charge is 0.319 e. The summed E-state index contributed by atoms with van der Waals surface area (Å²) in [6.45, 7) is 1.88. The summed E-state index contributed by atoms with van der Waals surface area (Å²) in [5.41, 5.74) is 4.67. The molecule has 17 nitrogen and oxygen atoms in total. The van der Waals surface area contributed by atoms with E-state index in [1.807, 2.05) is 71.6 Å². The lowest BCUT2D eigenvalue weighted by atomic mass is 9.91. The summed E-state index contributed by atoms with van der Waals surface area (Å²) in [6.07, 6.45) is 0.511. The molecule has 0 radical (unpaired) electrons. The van der Waals surface area contributed by atoms with E-state index in [9.17, 15) is 15.0 Å². The molecule has 9 rings (SSSR count). The molecule has 294 valence electrons. The fraction of sp³-hybridized carbons (Fsp3) is 0.268. The average molecular weight is 780 g/mol. The number of hydrogen-bond donors (Lipinski definition) is 5. The minimum Gasteiger partial charge on any atom is -0.387 e. The van der Waals surface area contributed by atoms with Crippen LogP contribution in [0.25, 0.3) is 11.2 Å². The Morgan fingerprint density at radius 1 is 0.897 bits per heavy atom. The van der Waals surface area contributed by atoms with Crippen LogP contribution in [0.5, 0.6) is 0 Å². The van der Waals surface area contributed by atoms with Gasteiger partial charge in [-0.2, -0.15) is 14.8 Å². The number of aliphatic hydroxyl groups is 2. The summed E-state index contributed by atoms with van der Waals surface area (Å²) in [5.74, 6) is 1.01. The Morgan fingerprint density at radius 3 is 2.36 bits per heavy atom. The SMILES string of the molecule is O=C(Nc1cccnc1)NC1CCN(c2nc(NCC(c3ccccc3)c3ccccc3)c3ncn([C@@H]4O[C@H](c5nnn(Cc6ccccc6)n5)[C@@H](O)[C@H]4O)c3n2)C1. The maximum Gasteiger partial charge on any atom is 0.319 e. The van der Waals surface area contributed by atoms with Crippen LogP contribution in [-0.4, -0.2) is 98.8 Å².